The van der Waals surface area contributed by atoms with E-state index in [0.29, 0.717) is 37.3 Å². The lowest BCUT2D eigenvalue weighted by molar-refractivity contribution is -0.384. The molecule has 0 aliphatic carbocycles. The number of rotatable bonds is 6. The van der Waals surface area contributed by atoms with Crippen molar-refractivity contribution in [1.29, 1.82) is 0 Å². The lowest BCUT2D eigenvalue weighted by Crippen LogP contribution is -2.49. The van der Waals surface area contributed by atoms with Crippen molar-refractivity contribution in [3.8, 4) is 0 Å². The van der Waals surface area contributed by atoms with E-state index in [1.165, 1.54) is 48.6 Å². The molecule has 1 aliphatic rings. The van der Waals surface area contributed by atoms with Gasteiger partial charge in [-0.25, -0.2) is 0 Å². The fourth-order valence-corrected chi connectivity index (χ4v) is 3.61. The van der Waals surface area contributed by atoms with Crippen molar-refractivity contribution in [2.24, 2.45) is 0 Å². The molecule has 0 saturated carbocycles. The van der Waals surface area contributed by atoms with Gasteiger partial charge in [-0.15, -0.1) is 0 Å². The highest BCUT2D eigenvalue weighted by Crippen LogP contribution is 2.26. The Morgan fingerprint density at radius 2 is 1.09 bits per heavy atom. The summed E-state index contributed by atoms with van der Waals surface area (Å²) >= 11 is 11.6. The maximum absolute atomic E-state index is 12.5. The van der Waals surface area contributed by atoms with Gasteiger partial charge in [-0.05, 0) is 35.4 Å². The molecule has 0 aromatic heterocycles. The van der Waals surface area contributed by atoms with Crippen LogP contribution in [0.1, 0.15) is 11.1 Å². The Bertz CT molecular complexity index is 1110. The first-order chi connectivity index (χ1) is 16.2. The quantitative estimate of drug-likeness (QED) is 0.329. The van der Waals surface area contributed by atoms with Crippen molar-refractivity contribution < 1.29 is 19.4 Å². The first-order valence-electron chi connectivity index (χ1n) is 9.97. The van der Waals surface area contributed by atoms with Crippen molar-refractivity contribution >= 4 is 58.5 Å². The number of nitro benzene ring substituents is 2. The number of carbonyl (C=O) groups is 2. The van der Waals surface area contributed by atoms with E-state index in [4.69, 9.17) is 23.2 Å². The van der Waals surface area contributed by atoms with Crippen LogP contribution in [0.25, 0.3) is 12.2 Å². The first kappa shape index (κ1) is 24.9. The van der Waals surface area contributed by atoms with Gasteiger partial charge in [0.05, 0.1) is 9.85 Å². The Morgan fingerprint density at radius 1 is 0.735 bits per heavy atom. The predicted molar refractivity (Wildman–Crippen MR) is 127 cm³/mol. The number of nitro groups is 2. The van der Waals surface area contributed by atoms with E-state index in [1.54, 1.807) is 21.9 Å². The molecule has 1 fully saturated rings. The molecule has 3 rings (SSSR count). The number of piperazine rings is 1. The van der Waals surface area contributed by atoms with E-state index in [-0.39, 0.29) is 33.2 Å². The van der Waals surface area contributed by atoms with Crippen LogP contribution in [-0.2, 0) is 9.59 Å². The van der Waals surface area contributed by atoms with Gasteiger partial charge in [-0.1, -0.05) is 35.3 Å². The van der Waals surface area contributed by atoms with E-state index in [2.05, 4.69) is 0 Å². The van der Waals surface area contributed by atoms with Crippen LogP contribution in [0.5, 0.6) is 0 Å². The molecule has 1 heterocycles. The van der Waals surface area contributed by atoms with Crippen molar-refractivity contribution in [2.45, 2.75) is 0 Å². The molecule has 0 spiro atoms. The molecular formula is C22H18Cl2N4O6. The van der Waals surface area contributed by atoms with Gasteiger partial charge in [0.2, 0.25) is 11.8 Å². The molecule has 0 N–H and O–H groups in total. The molecule has 0 bridgehead atoms. The van der Waals surface area contributed by atoms with Gasteiger partial charge in [0.25, 0.3) is 11.4 Å². The molecule has 0 radical (unpaired) electrons. The fourth-order valence-electron chi connectivity index (χ4n) is 3.24. The summed E-state index contributed by atoms with van der Waals surface area (Å²) in [4.78, 5) is 48.8. The average Bonchev–Trinajstić information content (AvgIpc) is 2.82. The van der Waals surface area contributed by atoms with E-state index in [0.717, 1.165) is 0 Å². The van der Waals surface area contributed by atoms with Gasteiger partial charge in [-0.3, -0.25) is 29.8 Å². The molecule has 34 heavy (non-hydrogen) atoms. The summed E-state index contributed by atoms with van der Waals surface area (Å²) in [6.45, 7) is 1.26. The topological polar surface area (TPSA) is 127 Å². The van der Waals surface area contributed by atoms with E-state index in [9.17, 15) is 29.8 Å². The maximum Gasteiger partial charge on any atom is 0.288 e. The molecule has 10 nitrogen and oxygen atoms in total. The standard InChI is InChI=1S/C22H18Cl2N4O6/c23-17-5-1-15(13-19(17)27(31)32)3-7-21(29)25-9-11-26(12-10-25)22(30)8-4-16-2-6-18(24)20(14-16)28(33)34/h1-8,13-14H,9-12H2. The second-order valence-corrected chi connectivity index (χ2v) is 8.07. The number of nitrogens with zero attached hydrogens (tertiary/aromatic N) is 4. The summed E-state index contributed by atoms with van der Waals surface area (Å²) < 4.78 is 0. The third-order valence-corrected chi connectivity index (χ3v) is 5.71. The van der Waals surface area contributed by atoms with Gasteiger partial charge in [0, 0.05) is 50.5 Å². The third-order valence-electron chi connectivity index (χ3n) is 5.07. The monoisotopic (exact) mass is 504 g/mol. The van der Waals surface area contributed by atoms with Crippen LogP contribution in [0.4, 0.5) is 11.4 Å². The predicted octanol–water partition coefficient (Wildman–Crippen LogP) is 4.21. The highest BCUT2D eigenvalue weighted by molar-refractivity contribution is 6.33. The number of hydrogen-bond acceptors (Lipinski definition) is 6. The number of carbonyl (C=O) groups excluding carboxylic acids is 2. The smallest absolute Gasteiger partial charge is 0.288 e. The summed E-state index contributed by atoms with van der Waals surface area (Å²) in [7, 11) is 0. The average molecular weight is 505 g/mol. The summed E-state index contributed by atoms with van der Waals surface area (Å²) in [5, 5.41) is 22.0. The Hall–Kier alpha value is -3.76. The molecule has 0 unspecified atom stereocenters. The Balaban J connectivity index is 1.55. The maximum atomic E-state index is 12.5. The molecular weight excluding hydrogens is 487 g/mol. The van der Waals surface area contributed by atoms with E-state index < -0.39 is 9.85 Å². The Labute approximate surface area is 204 Å². The molecule has 2 aromatic rings. The van der Waals surface area contributed by atoms with E-state index in [1.807, 2.05) is 0 Å². The van der Waals surface area contributed by atoms with Crippen LogP contribution in [-0.4, -0.2) is 57.6 Å². The first-order valence-corrected chi connectivity index (χ1v) is 10.7. The minimum absolute atomic E-state index is 0.0117. The number of hydrogen-bond donors (Lipinski definition) is 0. The van der Waals surface area contributed by atoms with Crippen molar-refractivity contribution in [2.75, 3.05) is 26.2 Å². The zero-order valence-corrected chi connectivity index (χ0v) is 19.1. The zero-order chi connectivity index (χ0) is 24.8. The van der Waals surface area contributed by atoms with Crippen LogP contribution in [0.2, 0.25) is 10.0 Å². The summed E-state index contributed by atoms with van der Waals surface area (Å²) in [5.74, 6) is -0.567. The van der Waals surface area contributed by atoms with Crippen LogP contribution in [0.3, 0.4) is 0 Å². The number of benzene rings is 2. The SMILES string of the molecule is O=C(C=Cc1ccc(Cl)c([N+](=O)[O-])c1)N1CCN(C(=O)C=Cc2ccc(Cl)c([N+](=O)[O-])c2)CC1. The summed E-state index contributed by atoms with van der Waals surface area (Å²) in [6, 6.07) is 8.48. The van der Waals surface area contributed by atoms with Crippen molar-refractivity contribution in [3.05, 3.63) is 90.0 Å². The van der Waals surface area contributed by atoms with Gasteiger partial charge < -0.3 is 9.80 Å². The minimum atomic E-state index is -0.597. The summed E-state index contributed by atoms with van der Waals surface area (Å²) in [6.07, 6.45) is 5.57. The normalized spacial score (nSPS) is 14.1. The molecule has 12 heteroatoms. The van der Waals surface area contributed by atoms with Crippen LogP contribution in [0, 0.1) is 20.2 Å². The minimum Gasteiger partial charge on any atom is -0.336 e. The van der Waals surface area contributed by atoms with Gasteiger partial charge in [-0.2, -0.15) is 0 Å². The second kappa shape index (κ2) is 10.9. The largest absolute Gasteiger partial charge is 0.336 e. The second-order valence-electron chi connectivity index (χ2n) is 7.25. The molecule has 0 atom stereocenters. The Kier molecular flexibility index (Phi) is 7.98. The highest BCUT2D eigenvalue weighted by atomic mass is 35.5. The molecule has 1 saturated heterocycles. The Morgan fingerprint density at radius 3 is 1.41 bits per heavy atom. The lowest BCUT2D eigenvalue weighted by atomic mass is 10.1. The lowest BCUT2D eigenvalue weighted by Gasteiger charge is -2.33. The van der Waals surface area contributed by atoms with Crippen LogP contribution in [0.15, 0.2) is 48.6 Å². The molecule has 2 amide bonds. The van der Waals surface area contributed by atoms with Crippen LogP contribution < -0.4 is 0 Å². The van der Waals surface area contributed by atoms with Gasteiger partial charge >= 0.3 is 0 Å². The summed E-state index contributed by atoms with van der Waals surface area (Å²) in [5.41, 5.74) is 0.436. The number of amides is 2. The fraction of sp³-hybridized carbons (Fsp3) is 0.182. The third kappa shape index (κ3) is 6.18. The van der Waals surface area contributed by atoms with Gasteiger partial charge in [0.1, 0.15) is 10.0 Å². The highest BCUT2D eigenvalue weighted by Gasteiger charge is 2.22. The van der Waals surface area contributed by atoms with Crippen molar-refractivity contribution in [1.82, 2.24) is 9.80 Å². The van der Waals surface area contributed by atoms with Crippen molar-refractivity contribution in [3.63, 3.8) is 0 Å². The van der Waals surface area contributed by atoms with E-state index >= 15 is 0 Å². The molecule has 1 aliphatic heterocycles. The van der Waals surface area contributed by atoms with Crippen LogP contribution >= 0.6 is 23.2 Å². The number of halogens is 2. The van der Waals surface area contributed by atoms with Gasteiger partial charge in [0.15, 0.2) is 0 Å². The molecule has 176 valence electrons. The zero-order valence-electron chi connectivity index (χ0n) is 17.6. The molecule has 2 aromatic carbocycles.